The molecule has 0 aliphatic heterocycles. The van der Waals surface area contributed by atoms with Gasteiger partial charge in [-0.2, -0.15) is 13.2 Å². The molecule has 0 heterocycles. The van der Waals surface area contributed by atoms with Crippen molar-refractivity contribution >= 4 is 11.8 Å². The molecular weight excluding hydrogens is 185 g/mol. The van der Waals surface area contributed by atoms with E-state index in [0.29, 0.717) is 12.8 Å². The summed E-state index contributed by atoms with van der Waals surface area (Å²) in [6.07, 6.45) is 2.95. The molecule has 0 aromatic carbocycles. The van der Waals surface area contributed by atoms with Gasteiger partial charge in [0.05, 0.1) is 0 Å². The molecule has 0 saturated heterocycles. The van der Waals surface area contributed by atoms with Crippen LogP contribution in [0.25, 0.3) is 0 Å². The number of halogens is 3. The number of alkyl halides is 3. The second-order valence-corrected chi connectivity index (χ2v) is 4.40. The fraction of sp³-hybridized carbons (Fsp3) is 0.750. The van der Waals surface area contributed by atoms with Gasteiger partial charge in [-0.15, -0.1) is 0 Å². The van der Waals surface area contributed by atoms with Crippen molar-refractivity contribution in [1.29, 1.82) is 0 Å². The predicted molar refractivity (Wildman–Crippen MR) is 45.0 cm³/mol. The smallest absolute Gasteiger partial charge is 0.160 e. The van der Waals surface area contributed by atoms with Gasteiger partial charge in [-0.05, 0) is 37.4 Å². The highest BCUT2D eigenvalue weighted by Gasteiger charge is 2.33. The summed E-state index contributed by atoms with van der Waals surface area (Å²) in [5.74, 6) is 0. The molecule has 12 heavy (non-hydrogen) atoms. The molecule has 0 N–H and O–H groups in total. The van der Waals surface area contributed by atoms with Gasteiger partial charge in [0.25, 0.3) is 0 Å². The van der Waals surface area contributed by atoms with Crippen LogP contribution in [0.5, 0.6) is 0 Å². The first kappa shape index (κ1) is 9.96. The summed E-state index contributed by atoms with van der Waals surface area (Å²) >= 11 is 0.121. The zero-order valence-electron chi connectivity index (χ0n) is 6.66. The van der Waals surface area contributed by atoms with Crippen molar-refractivity contribution in [2.45, 2.75) is 36.4 Å². The van der Waals surface area contributed by atoms with Crippen molar-refractivity contribution in [1.82, 2.24) is 0 Å². The molecule has 0 nitrogen and oxygen atoms in total. The third-order valence-corrected chi connectivity index (χ3v) is 2.88. The number of thioether (sulfide) groups is 1. The van der Waals surface area contributed by atoms with Crippen molar-refractivity contribution in [3.05, 3.63) is 12.2 Å². The first-order valence-corrected chi connectivity index (χ1v) is 4.76. The topological polar surface area (TPSA) is 0 Å². The predicted octanol–water partition coefficient (Wildman–Crippen LogP) is 3.74. The van der Waals surface area contributed by atoms with E-state index in [9.17, 15) is 13.2 Å². The number of hydrogen-bond acceptors (Lipinski definition) is 1. The van der Waals surface area contributed by atoms with Crippen LogP contribution < -0.4 is 0 Å². The van der Waals surface area contributed by atoms with Crippen LogP contribution in [0.2, 0.25) is 0 Å². The summed E-state index contributed by atoms with van der Waals surface area (Å²) in [4.78, 5) is 0. The Balaban J connectivity index is 2.37. The average Bonchev–Trinajstić information content (AvgIpc) is 1.82. The summed E-state index contributed by atoms with van der Waals surface area (Å²) in [6.45, 7) is 3.71. The maximum Gasteiger partial charge on any atom is 0.442 e. The minimum absolute atomic E-state index is 0.121. The van der Waals surface area contributed by atoms with E-state index in [1.165, 1.54) is 0 Å². The Kier molecular flexibility index (Phi) is 3.09. The van der Waals surface area contributed by atoms with Crippen LogP contribution in [0.1, 0.15) is 25.7 Å². The Morgan fingerprint density at radius 1 is 1.42 bits per heavy atom. The highest BCUT2D eigenvalue weighted by molar-refractivity contribution is 8.00. The first-order valence-electron chi connectivity index (χ1n) is 3.88. The van der Waals surface area contributed by atoms with Gasteiger partial charge in [-0.3, -0.25) is 0 Å². The Labute approximate surface area is 74.2 Å². The van der Waals surface area contributed by atoms with E-state index in [1.54, 1.807) is 0 Å². The van der Waals surface area contributed by atoms with Crippen LogP contribution in [0, 0.1) is 0 Å². The molecule has 0 bridgehead atoms. The van der Waals surface area contributed by atoms with Crippen molar-refractivity contribution in [2.75, 3.05) is 0 Å². The molecule has 0 aromatic rings. The second kappa shape index (κ2) is 3.73. The third kappa shape index (κ3) is 3.52. The molecule has 0 spiro atoms. The molecule has 1 rings (SSSR count). The molecule has 1 saturated carbocycles. The van der Waals surface area contributed by atoms with Gasteiger partial charge in [-0.1, -0.05) is 12.2 Å². The van der Waals surface area contributed by atoms with Crippen molar-refractivity contribution in [3.63, 3.8) is 0 Å². The Morgan fingerprint density at radius 2 is 2.08 bits per heavy atom. The molecule has 0 amide bonds. The van der Waals surface area contributed by atoms with Gasteiger partial charge in [0.2, 0.25) is 0 Å². The van der Waals surface area contributed by atoms with Crippen LogP contribution in [-0.2, 0) is 0 Å². The van der Waals surface area contributed by atoms with E-state index >= 15 is 0 Å². The maximum absolute atomic E-state index is 11.9. The summed E-state index contributed by atoms with van der Waals surface area (Å²) < 4.78 is 35.7. The van der Waals surface area contributed by atoms with E-state index in [2.05, 4.69) is 6.58 Å². The zero-order valence-corrected chi connectivity index (χ0v) is 7.47. The normalized spacial score (nSPS) is 25.9. The third-order valence-electron chi connectivity index (χ3n) is 1.87. The lowest BCUT2D eigenvalue weighted by Crippen LogP contribution is -2.15. The van der Waals surface area contributed by atoms with E-state index in [1.807, 2.05) is 0 Å². The number of allylic oxidation sites excluding steroid dienone is 1. The van der Waals surface area contributed by atoms with E-state index < -0.39 is 5.51 Å². The monoisotopic (exact) mass is 196 g/mol. The Hall–Kier alpha value is -0.120. The molecule has 0 radical (unpaired) electrons. The summed E-state index contributed by atoms with van der Waals surface area (Å²) in [6, 6.07) is 0. The molecule has 1 atom stereocenters. The minimum atomic E-state index is -4.08. The quantitative estimate of drug-likeness (QED) is 0.576. The van der Waals surface area contributed by atoms with E-state index in [-0.39, 0.29) is 17.0 Å². The molecule has 4 heteroatoms. The molecule has 1 fully saturated rings. The van der Waals surface area contributed by atoms with E-state index in [4.69, 9.17) is 0 Å². The Morgan fingerprint density at radius 3 is 2.58 bits per heavy atom. The summed E-state index contributed by atoms with van der Waals surface area (Å²) in [5.41, 5.74) is -3.12. The van der Waals surface area contributed by atoms with Crippen LogP contribution in [0.3, 0.4) is 0 Å². The maximum atomic E-state index is 11.9. The lowest BCUT2D eigenvalue weighted by Gasteiger charge is -2.23. The SMILES string of the molecule is C=C1CCCC(SC(F)(F)F)C1. The molecule has 70 valence electrons. The van der Waals surface area contributed by atoms with Crippen molar-refractivity contribution in [3.8, 4) is 0 Å². The van der Waals surface area contributed by atoms with Crippen molar-refractivity contribution < 1.29 is 13.2 Å². The fourth-order valence-corrected chi connectivity index (χ4v) is 2.38. The van der Waals surface area contributed by atoms with Crippen molar-refractivity contribution in [2.24, 2.45) is 0 Å². The summed E-state index contributed by atoms with van der Waals surface area (Å²) in [5, 5.41) is -0.286. The van der Waals surface area contributed by atoms with Crippen LogP contribution >= 0.6 is 11.8 Å². The van der Waals surface area contributed by atoms with Gasteiger partial charge < -0.3 is 0 Å². The molecule has 0 aromatic heterocycles. The zero-order chi connectivity index (χ0) is 9.19. The van der Waals surface area contributed by atoms with Gasteiger partial charge in [0.1, 0.15) is 0 Å². The first-order chi connectivity index (χ1) is 5.47. The highest BCUT2D eigenvalue weighted by atomic mass is 32.2. The van der Waals surface area contributed by atoms with Crippen LogP contribution in [-0.4, -0.2) is 10.8 Å². The number of rotatable bonds is 1. The Bertz CT molecular complexity index is 174. The second-order valence-electron chi connectivity index (χ2n) is 3.03. The van der Waals surface area contributed by atoms with E-state index in [0.717, 1.165) is 18.4 Å². The summed E-state index contributed by atoms with van der Waals surface area (Å²) in [7, 11) is 0. The lowest BCUT2D eigenvalue weighted by molar-refractivity contribution is -0.0334. The van der Waals surface area contributed by atoms with Crippen LogP contribution in [0.15, 0.2) is 12.2 Å². The molecular formula is C8H11F3S. The van der Waals surface area contributed by atoms with Gasteiger partial charge >= 0.3 is 5.51 Å². The molecule has 1 aliphatic carbocycles. The largest absolute Gasteiger partial charge is 0.442 e. The molecule has 1 unspecified atom stereocenters. The highest BCUT2D eigenvalue weighted by Crippen LogP contribution is 2.40. The fourth-order valence-electron chi connectivity index (χ4n) is 1.40. The van der Waals surface area contributed by atoms with Gasteiger partial charge in [0, 0.05) is 5.25 Å². The standard InChI is InChI=1S/C8H11F3S/c1-6-3-2-4-7(5-6)12-8(9,10)11/h7H,1-5H2. The van der Waals surface area contributed by atoms with Gasteiger partial charge in [0.15, 0.2) is 0 Å². The van der Waals surface area contributed by atoms with Crippen LogP contribution in [0.4, 0.5) is 13.2 Å². The average molecular weight is 196 g/mol. The van der Waals surface area contributed by atoms with Gasteiger partial charge in [-0.25, -0.2) is 0 Å². The lowest BCUT2D eigenvalue weighted by atomic mass is 9.96. The minimum Gasteiger partial charge on any atom is -0.160 e. The molecule has 1 aliphatic rings. The number of hydrogen-bond donors (Lipinski definition) is 0.